The van der Waals surface area contributed by atoms with Crippen molar-refractivity contribution in [2.45, 2.75) is 18.9 Å². The molecule has 0 saturated heterocycles. The third kappa shape index (κ3) is 6.74. The lowest BCUT2D eigenvalue weighted by molar-refractivity contribution is 0.151. The number of aliphatic hydroxyl groups is 1. The summed E-state index contributed by atoms with van der Waals surface area (Å²) in [7, 11) is 1.59. The molecule has 0 saturated carbocycles. The summed E-state index contributed by atoms with van der Waals surface area (Å²) >= 11 is 19.8. The third-order valence-electron chi connectivity index (χ3n) is 3.95. The second-order valence-corrected chi connectivity index (χ2v) is 8.26. The Labute approximate surface area is 193 Å². The SMILES string of the molecule is COc1ccc(Cl)c(C(C)C(O)c2ccnc(Cl)c2)c1.Clc1cc(I)ccn1. The molecule has 0 spiro atoms. The van der Waals surface area contributed by atoms with Crippen LogP contribution in [0.3, 0.4) is 0 Å². The molecular weight excluding hydrogens is 533 g/mol. The highest BCUT2D eigenvalue weighted by Gasteiger charge is 2.21. The second kappa shape index (κ2) is 11.2. The van der Waals surface area contributed by atoms with Crippen LogP contribution in [0.5, 0.6) is 5.75 Å². The maximum Gasteiger partial charge on any atom is 0.130 e. The average molecular weight is 552 g/mol. The first-order chi connectivity index (χ1) is 13.3. The van der Waals surface area contributed by atoms with Gasteiger partial charge in [0.25, 0.3) is 0 Å². The van der Waals surface area contributed by atoms with E-state index < -0.39 is 6.10 Å². The molecule has 2 aromatic heterocycles. The maximum absolute atomic E-state index is 10.5. The van der Waals surface area contributed by atoms with Gasteiger partial charge < -0.3 is 9.84 Å². The number of aromatic nitrogens is 2. The number of pyridine rings is 2. The molecule has 2 heterocycles. The van der Waals surface area contributed by atoms with Gasteiger partial charge in [0.1, 0.15) is 16.1 Å². The van der Waals surface area contributed by atoms with Gasteiger partial charge in [-0.25, -0.2) is 9.97 Å². The Hall–Kier alpha value is -1.12. The Morgan fingerprint density at radius 3 is 2.14 bits per heavy atom. The number of rotatable bonds is 4. The summed E-state index contributed by atoms with van der Waals surface area (Å²) in [6.45, 7) is 1.90. The van der Waals surface area contributed by atoms with Crippen LogP contribution in [0.4, 0.5) is 0 Å². The van der Waals surface area contributed by atoms with Gasteiger partial charge in [-0.1, -0.05) is 41.7 Å². The Balaban J connectivity index is 0.000000292. The van der Waals surface area contributed by atoms with Crippen molar-refractivity contribution in [2.24, 2.45) is 0 Å². The van der Waals surface area contributed by atoms with Crippen molar-refractivity contribution in [1.82, 2.24) is 9.97 Å². The average Bonchev–Trinajstić information content (AvgIpc) is 2.67. The Kier molecular flexibility index (Phi) is 9.24. The Bertz CT molecular complexity index is 910. The van der Waals surface area contributed by atoms with Gasteiger partial charge >= 0.3 is 0 Å². The number of hydrogen-bond donors (Lipinski definition) is 1. The van der Waals surface area contributed by atoms with Crippen LogP contribution in [0.25, 0.3) is 0 Å². The van der Waals surface area contributed by atoms with Gasteiger partial charge in [0.15, 0.2) is 0 Å². The first kappa shape index (κ1) is 23.2. The normalized spacial score (nSPS) is 12.5. The van der Waals surface area contributed by atoms with Crippen LogP contribution < -0.4 is 4.74 Å². The van der Waals surface area contributed by atoms with E-state index in [1.165, 1.54) is 0 Å². The lowest BCUT2D eigenvalue weighted by Crippen LogP contribution is -2.08. The van der Waals surface area contributed by atoms with E-state index in [0.717, 1.165) is 9.13 Å². The zero-order chi connectivity index (χ0) is 20.7. The summed E-state index contributed by atoms with van der Waals surface area (Å²) < 4.78 is 6.31. The zero-order valence-electron chi connectivity index (χ0n) is 15.1. The van der Waals surface area contributed by atoms with Gasteiger partial charge in [-0.15, -0.1) is 0 Å². The first-order valence-corrected chi connectivity index (χ1v) is 10.4. The Morgan fingerprint density at radius 1 is 0.964 bits per heavy atom. The van der Waals surface area contributed by atoms with Crippen molar-refractivity contribution in [3.63, 3.8) is 0 Å². The van der Waals surface area contributed by atoms with E-state index in [1.807, 2.05) is 25.1 Å². The molecule has 0 fully saturated rings. The Morgan fingerprint density at radius 2 is 1.61 bits per heavy atom. The van der Waals surface area contributed by atoms with Gasteiger partial charge in [-0.2, -0.15) is 0 Å². The maximum atomic E-state index is 10.5. The second-order valence-electron chi connectivity index (χ2n) is 5.83. The summed E-state index contributed by atoms with van der Waals surface area (Å²) in [6, 6.07) is 12.5. The van der Waals surface area contributed by atoms with E-state index >= 15 is 0 Å². The fraction of sp³-hybridized carbons (Fsp3) is 0.200. The fourth-order valence-corrected chi connectivity index (χ4v) is 3.72. The zero-order valence-corrected chi connectivity index (χ0v) is 19.5. The highest BCUT2D eigenvalue weighted by Crippen LogP contribution is 2.36. The molecule has 1 N–H and O–H groups in total. The van der Waals surface area contributed by atoms with Crippen LogP contribution in [0.15, 0.2) is 54.9 Å². The molecule has 1 aromatic carbocycles. The van der Waals surface area contributed by atoms with Crippen molar-refractivity contribution in [3.8, 4) is 5.75 Å². The number of aliphatic hydroxyl groups excluding tert-OH is 1. The van der Waals surface area contributed by atoms with E-state index in [-0.39, 0.29) is 5.92 Å². The van der Waals surface area contributed by atoms with E-state index in [2.05, 4.69) is 32.6 Å². The summed E-state index contributed by atoms with van der Waals surface area (Å²) in [6.07, 6.45) is 2.53. The summed E-state index contributed by atoms with van der Waals surface area (Å²) in [5, 5.41) is 12.0. The highest BCUT2D eigenvalue weighted by atomic mass is 127. The molecule has 2 unspecified atom stereocenters. The molecule has 148 valence electrons. The van der Waals surface area contributed by atoms with Gasteiger partial charge in [0.05, 0.1) is 13.2 Å². The van der Waals surface area contributed by atoms with Crippen molar-refractivity contribution in [3.05, 3.63) is 84.9 Å². The van der Waals surface area contributed by atoms with Gasteiger partial charge in [-0.3, -0.25) is 0 Å². The van der Waals surface area contributed by atoms with Crippen LogP contribution in [0, 0.1) is 3.57 Å². The van der Waals surface area contributed by atoms with E-state index in [9.17, 15) is 5.11 Å². The molecule has 0 bridgehead atoms. The van der Waals surface area contributed by atoms with E-state index in [1.54, 1.807) is 43.8 Å². The number of halogens is 4. The lowest BCUT2D eigenvalue weighted by atomic mass is 9.91. The molecule has 0 aliphatic heterocycles. The predicted molar refractivity (Wildman–Crippen MR) is 123 cm³/mol. The van der Waals surface area contributed by atoms with E-state index in [4.69, 9.17) is 39.5 Å². The first-order valence-electron chi connectivity index (χ1n) is 8.21. The molecule has 2 atom stereocenters. The number of ether oxygens (including phenoxy) is 1. The summed E-state index contributed by atoms with van der Waals surface area (Å²) in [5.74, 6) is 0.507. The molecule has 0 aliphatic carbocycles. The smallest absolute Gasteiger partial charge is 0.130 e. The van der Waals surface area contributed by atoms with Crippen molar-refractivity contribution in [1.29, 1.82) is 0 Å². The number of hydrogen-bond acceptors (Lipinski definition) is 4. The minimum atomic E-state index is -0.722. The van der Waals surface area contributed by atoms with E-state index in [0.29, 0.717) is 26.6 Å². The molecule has 8 heteroatoms. The van der Waals surface area contributed by atoms with Crippen molar-refractivity contribution >= 4 is 57.4 Å². The quantitative estimate of drug-likeness (QED) is 0.294. The molecule has 3 rings (SSSR count). The molecular formula is C20H18Cl3IN2O2. The van der Waals surface area contributed by atoms with Gasteiger partial charge in [0.2, 0.25) is 0 Å². The molecule has 0 aliphatic rings. The minimum Gasteiger partial charge on any atom is -0.497 e. The van der Waals surface area contributed by atoms with Crippen LogP contribution in [0.2, 0.25) is 15.3 Å². The number of methoxy groups -OCH3 is 1. The molecule has 3 aromatic rings. The summed E-state index contributed by atoms with van der Waals surface area (Å²) in [5.41, 5.74) is 1.53. The predicted octanol–water partition coefficient (Wildman–Crippen LogP) is 6.57. The van der Waals surface area contributed by atoms with Gasteiger partial charge in [-0.05, 0) is 76.2 Å². The van der Waals surface area contributed by atoms with Crippen LogP contribution >= 0.6 is 57.4 Å². The third-order valence-corrected chi connectivity index (χ3v) is 5.38. The van der Waals surface area contributed by atoms with Crippen molar-refractivity contribution < 1.29 is 9.84 Å². The molecule has 0 radical (unpaired) electrons. The molecule has 28 heavy (non-hydrogen) atoms. The van der Waals surface area contributed by atoms with Crippen LogP contribution in [-0.2, 0) is 0 Å². The standard InChI is InChI=1S/C15H15Cl2NO2.C5H3ClIN/c1-9(12-8-11(20-2)3-4-13(12)16)15(19)10-5-6-18-14(17)7-10;6-5-3-4(7)1-2-8-5/h3-9,15,19H,1-2H3;1-3H. The largest absolute Gasteiger partial charge is 0.497 e. The molecule has 0 amide bonds. The van der Waals surface area contributed by atoms with Crippen molar-refractivity contribution in [2.75, 3.05) is 7.11 Å². The monoisotopic (exact) mass is 550 g/mol. The number of benzene rings is 1. The minimum absolute atomic E-state index is 0.198. The van der Waals surface area contributed by atoms with Crippen LogP contribution in [-0.4, -0.2) is 22.2 Å². The van der Waals surface area contributed by atoms with Crippen LogP contribution in [0.1, 0.15) is 30.1 Å². The summed E-state index contributed by atoms with van der Waals surface area (Å²) in [4.78, 5) is 7.71. The number of nitrogens with zero attached hydrogens (tertiary/aromatic N) is 2. The topological polar surface area (TPSA) is 55.2 Å². The molecule has 4 nitrogen and oxygen atoms in total. The highest BCUT2D eigenvalue weighted by molar-refractivity contribution is 14.1. The van der Waals surface area contributed by atoms with Gasteiger partial charge in [0, 0.05) is 26.9 Å². The lowest BCUT2D eigenvalue weighted by Gasteiger charge is -2.21. The fourth-order valence-electron chi connectivity index (χ4n) is 2.44.